The fourth-order valence-corrected chi connectivity index (χ4v) is 10.2. The number of aromatic nitrogens is 2. The van der Waals surface area contributed by atoms with E-state index in [1.54, 1.807) is 14.2 Å². The lowest BCUT2D eigenvalue weighted by atomic mass is 9.77. The third-order valence-electron chi connectivity index (χ3n) is 11.7. The summed E-state index contributed by atoms with van der Waals surface area (Å²) in [6.45, 7) is 15.5. The Labute approximate surface area is 346 Å². The monoisotopic (exact) mass is 796 g/mol. The van der Waals surface area contributed by atoms with E-state index < -0.39 is 0 Å². The number of ether oxygens (including phenoxy) is 2. The van der Waals surface area contributed by atoms with Crippen molar-refractivity contribution in [3.8, 4) is 11.5 Å². The minimum Gasteiger partial charge on any atom is -0.497 e. The second kappa shape index (κ2) is 16.9. The average molecular weight is 797 g/mol. The van der Waals surface area contributed by atoms with Gasteiger partial charge in [-0.3, -0.25) is 0 Å². The fourth-order valence-electron chi connectivity index (χ4n) is 8.25. The first kappa shape index (κ1) is 40.3. The Balaban J connectivity index is 1.02. The topological polar surface area (TPSA) is 47.9 Å². The maximum Gasteiger partial charge on any atom is 0.209 e. The Bertz CT molecular complexity index is 2530. The van der Waals surface area contributed by atoms with Crippen LogP contribution in [0.3, 0.4) is 0 Å². The summed E-state index contributed by atoms with van der Waals surface area (Å²) in [6, 6.07) is 30.1. The highest BCUT2D eigenvalue weighted by molar-refractivity contribution is 8.76. The van der Waals surface area contributed by atoms with Crippen molar-refractivity contribution >= 4 is 72.6 Å². The summed E-state index contributed by atoms with van der Waals surface area (Å²) in [6.07, 6.45) is 13.6. The predicted octanol–water partition coefficient (Wildman–Crippen LogP) is 10.8. The van der Waals surface area contributed by atoms with Crippen LogP contribution in [0.25, 0.3) is 34.0 Å². The molecule has 1 aliphatic heterocycles. The van der Waals surface area contributed by atoms with Crippen molar-refractivity contribution in [2.24, 2.45) is 0 Å². The Morgan fingerprint density at radius 1 is 0.789 bits per heavy atom. The number of allylic oxidation sites excluding steroid dienone is 3. The minimum atomic E-state index is -0.211. The number of aryl methyl sites for hydroxylation is 2. The third-order valence-corrected chi connectivity index (χ3v) is 14.1. The number of nitrogens with two attached hydrogens (primary N) is 1. The van der Waals surface area contributed by atoms with Crippen molar-refractivity contribution in [2.75, 3.05) is 39.8 Å². The summed E-state index contributed by atoms with van der Waals surface area (Å²) in [7, 11) is 11.6. The molecule has 0 amide bonds. The zero-order chi connectivity index (χ0) is 40.3. The van der Waals surface area contributed by atoms with Gasteiger partial charge in [0.05, 0.1) is 26.7 Å². The number of hydrogen-bond acceptors (Lipinski definition) is 4. The normalized spacial score (nSPS) is 14.1. The third kappa shape index (κ3) is 8.00. The minimum absolute atomic E-state index is 0.0728. The van der Waals surface area contributed by atoms with Gasteiger partial charge in [0.2, 0.25) is 5.69 Å². The second-order valence-electron chi connectivity index (χ2n) is 15.7. The summed E-state index contributed by atoms with van der Waals surface area (Å²) in [4.78, 5) is 0. The number of rotatable bonds is 16. The largest absolute Gasteiger partial charge is 0.497 e. The van der Waals surface area contributed by atoms with Gasteiger partial charge in [-0.2, -0.15) is 4.58 Å². The van der Waals surface area contributed by atoms with Crippen LogP contribution in [0.5, 0.6) is 11.5 Å². The van der Waals surface area contributed by atoms with E-state index in [2.05, 4.69) is 189 Å². The Hall–Kier alpha value is -4.89. The van der Waals surface area contributed by atoms with Crippen LogP contribution < -0.4 is 14.8 Å². The lowest BCUT2D eigenvalue weighted by molar-refractivity contribution is -0.540. The first-order chi connectivity index (χ1) is 27.5. The predicted molar refractivity (Wildman–Crippen MR) is 246 cm³/mol. The van der Waals surface area contributed by atoms with Gasteiger partial charge < -0.3 is 23.9 Å². The average Bonchev–Trinajstić information content (AvgIpc) is 3.82. The molecule has 1 aliphatic rings. The SMILES string of the molecule is C=C(/C=C/c1cn(CCSSCCn2cc(/C=C/C3=[N+](C)c4ccccc4C3(C)C)c3cc(OC)ccc32)c2ccc(OC)cc12)C(C)(C)c1ccccc1[NH2+]C. The number of para-hydroxylation sites is 2. The van der Waals surface area contributed by atoms with E-state index in [-0.39, 0.29) is 10.8 Å². The molecule has 2 N–H and O–H groups in total. The van der Waals surface area contributed by atoms with Crippen molar-refractivity contribution in [2.45, 2.75) is 51.6 Å². The molecule has 8 heteroatoms. The quantitative estimate of drug-likeness (QED) is 0.0348. The Morgan fingerprint density at radius 2 is 1.35 bits per heavy atom. The van der Waals surface area contributed by atoms with Gasteiger partial charge in [-0.05, 0) is 68.0 Å². The molecule has 0 aliphatic carbocycles. The lowest BCUT2D eigenvalue weighted by Gasteiger charge is -2.27. The summed E-state index contributed by atoms with van der Waals surface area (Å²) in [5.74, 6) is 3.73. The Kier molecular flexibility index (Phi) is 12.0. The van der Waals surface area contributed by atoms with Crippen LogP contribution >= 0.6 is 21.6 Å². The van der Waals surface area contributed by atoms with Crippen LogP contribution in [-0.4, -0.2) is 59.2 Å². The molecule has 0 radical (unpaired) electrons. The van der Waals surface area contributed by atoms with Crippen LogP contribution in [0.2, 0.25) is 0 Å². The van der Waals surface area contributed by atoms with Crippen LogP contribution in [0, 0.1) is 0 Å². The van der Waals surface area contributed by atoms with E-state index in [0.717, 1.165) is 41.7 Å². The van der Waals surface area contributed by atoms with Crippen molar-refractivity contribution in [3.63, 3.8) is 0 Å². The molecule has 2 aromatic heterocycles. The molecule has 0 bridgehead atoms. The van der Waals surface area contributed by atoms with E-state index in [0.29, 0.717) is 0 Å². The molecule has 0 spiro atoms. The summed E-state index contributed by atoms with van der Waals surface area (Å²) >= 11 is 0. The van der Waals surface area contributed by atoms with Crippen LogP contribution in [0.15, 0.2) is 122 Å². The molecule has 3 heterocycles. The molecule has 7 rings (SSSR count). The number of nitrogens with zero attached hydrogens (tertiary/aromatic N) is 3. The first-order valence-electron chi connectivity index (χ1n) is 19.7. The van der Waals surface area contributed by atoms with Gasteiger partial charge in [0.15, 0.2) is 5.71 Å². The molecule has 294 valence electrons. The fraction of sp³-hybridized carbons (Fsp3) is 0.286. The van der Waals surface area contributed by atoms with Crippen molar-refractivity contribution in [3.05, 3.63) is 144 Å². The molecule has 6 nitrogen and oxygen atoms in total. The van der Waals surface area contributed by atoms with Gasteiger partial charge in [-0.25, -0.2) is 0 Å². The van der Waals surface area contributed by atoms with Gasteiger partial charge >= 0.3 is 0 Å². The highest BCUT2D eigenvalue weighted by atomic mass is 33.1. The summed E-state index contributed by atoms with van der Waals surface area (Å²) in [5, 5.41) is 4.56. The molecule has 0 saturated carbocycles. The smallest absolute Gasteiger partial charge is 0.209 e. The molecule has 57 heavy (non-hydrogen) atoms. The van der Waals surface area contributed by atoms with Gasteiger partial charge in [0.25, 0.3) is 0 Å². The molecular weight excluding hydrogens is 741 g/mol. The molecule has 0 saturated heterocycles. The van der Waals surface area contributed by atoms with E-state index in [9.17, 15) is 0 Å². The molecule has 6 aromatic rings. The van der Waals surface area contributed by atoms with Gasteiger partial charge in [0.1, 0.15) is 24.2 Å². The van der Waals surface area contributed by atoms with Crippen LogP contribution in [0.1, 0.15) is 49.9 Å². The maximum atomic E-state index is 5.65. The molecule has 0 fully saturated rings. The highest BCUT2D eigenvalue weighted by Crippen LogP contribution is 2.40. The zero-order valence-electron chi connectivity index (χ0n) is 34.6. The number of methoxy groups -OCH3 is 2. The number of fused-ring (bicyclic) bond motifs is 3. The van der Waals surface area contributed by atoms with Crippen molar-refractivity contribution in [1.82, 2.24) is 9.13 Å². The van der Waals surface area contributed by atoms with Gasteiger partial charge in [-0.1, -0.05) is 90.6 Å². The van der Waals surface area contributed by atoms with E-state index in [1.807, 2.05) is 21.6 Å². The first-order valence-corrected chi connectivity index (χ1v) is 22.2. The summed E-state index contributed by atoms with van der Waals surface area (Å²) < 4.78 is 18.4. The number of benzene rings is 4. The Morgan fingerprint density at radius 3 is 1.93 bits per heavy atom. The molecule has 0 unspecified atom stereocenters. The van der Waals surface area contributed by atoms with Crippen LogP contribution in [-0.2, 0) is 23.9 Å². The maximum absolute atomic E-state index is 5.65. The van der Waals surface area contributed by atoms with Crippen LogP contribution in [0.4, 0.5) is 11.4 Å². The molecular formula is C49H56N4O2S2+2. The summed E-state index contributed by atoms with van der Waals surface area (Å²) in [5.41, 5.74) is 12.0. The van der Waals surface area contributed by atoms with Gasteiger partial charge in [-0.15, -0.1) is 0 Å². The van der Waals surface area contributed by atoms with E-state index >= 15 is 0 Å². The molecule has 4 aromatic carbocycles. The van der Waals surface area contributed by atoms with Crippen molar-refractivity contribution < 1.29 is 19.4 Å². The number of hydrogen-bond donors (Lipinski definition) is 1. The van der Waals surface area contributed by atoms with E-state index in [4.69, 9.17) is 9.47 Å². The van der Waals surface area contributed by atoms with Gasteiger partial charge in [0, 0.05) is 98.6 Å². The number of quaternary nitrogens is 1. The van der Waals surface area contributed by atoms with Crippen molar-refractivity contribution in [1.29, 1.82) is 0 Å². The second-order valence-corrected chi connectivity index (χ2v) is 18.4. The standard InChI is InChI=1S/C49H55N4O2S2/c1-34(48(2,3)41-14-10-12-16-43(41)50-6)18-19-35-32-52(44-23-21-37(54-8)30-39(35)44)26-28-56-57-29-27-53-33-36(40-31-38(55-9)22-24-45(40)53)20-25-47-49(4,5)42-15-11-13-17-46(42)51(47)7/h10-25,30-33,50H,1,26-29H2,2-9H3/q+1/p+1/b19-18+. The zero-order valence-corrected chi connectivity index (χ0v) is 36.3. The highest BCUT2D eigenvalue weighted by Gasteiger charge is 2.42. The molecule has 0 atom stereocenters. The lowest BCUT2D eigenvalue weighted by Crippen LogP contribution is -2.73. The van der Waals surface area contributed by atoms with E-state index in [1.165, 1.54) is 61.1 Å².